The first-order valence-electron chi connectivity index (χ1n) is 5.13. The van der Waals surface area contributed by atoms with E-state index >= 15 is 0 Å². The Hall–Kier alpha value is -0.870. The van der Waals surface area contributed by atoms with Gasteiger partial charge in [-0.15, -0.1) is 0 Å². The summed E-state index contributed by atoms with van der Waals surface area (Å²) in [6, 6.07) is 0. The summed E-state index contributed by atoms with van der Waals surface area (Å²) in [6.07, 6.45) is 0.617. The van der Waals surface area contributed by atoms with Gasteiger partial charge in [0.05, 0.1) is 13.0 Å². The van der Waals surface area contributed by atoms with Gasteiger partial charge < -0.3 is 19.2 Å². The van der Waals surface area contributed by atoms with Gasteiger partial charge in [0.25, 0.3) is 0 Å². The first-order valence-corrected chi connectivity index (χ1v) is 6.95. The third-order valence-electron chi connectivity index (χ3n) is 1.74. The Kier molecular flexibility index (Phi) is 8.85. The predicted octanol–water partition coefficient (Wildman–Crippen LogP) is 1.32. The van der Waals surface area contributed by atoms with E-state index in [-0.39, 0.29) is 31.2 Å². The van der Waals surface area contributed by atoms with Gasteiger partial charge >= 0.3 is 5.97 Å². The van der Waals surface area contributed by atoms with Gasteiger partial charge in [-0.05, 0) is 13.8 Å². The zero-order chi connectivity index (χ0) is 12.4. The van der Waals surface area contributed by atoms with Crippen LogP contribution in [0.5, 0.6) is 0 Å². The second-order valence-electron chi connectivity index (χ2n) is 2.94. The monoisotopic (exact) mass is 251 g/mol. The Balaban J connectivity index is 3.97. The van der Waals surface area contributed by atoms with Crippen molar-refractivity contribution in [3.05, 3.63) is 0 Å². The molecular formula is C9H18NO5P. The molecule has 0 saturated heterocycles. The summed E-state index contributed by atoms with van der Waals surface area (Å²) >= 11 is 0. The minimum Gasteiger partial charge on any atom is -0.461 e. The van der Waals surface area contributed by atoms with Crippen LogP contribution in [0.15, 0.2) is 5.16 Å². The van der Waals surface area contributed by atoms with Crippen molar-refractivity contribution >= 4 is 19.5 Å². The number of nitrogens with zero attached hydrogens (tertiary/aromatic N) is 1. The van der Waals surface area contributed by atoms with Crippen LogP contribution in [-0.4, -0.2) is 42.6 Å². The third kappa shape index (κ3) is 6.58. The lowest BCUT2D eigenvalue weighted by molar-refractivity contribution is -0.135. The SMILES string of the molecule is CCOC[PH](=O)CCC(=NO)C(=O)OCC. The number of carbonyl (C=O) groups is 1. The molecule has 6 nitrogen and oxygen atoms in total. The molecule has 7 heteroatoms. The lowest BCUT2D eigenvalue weighted by Crippen LogP contribution is -2.18. The second-order valence-corrected chi connectivity index (χ2v) is 4.81. The minimum absolute atomic E-state index is 0.100. The number of hydrogen-bond acceptors (Lipinski definition) is 6. The third-order valence-corrected chi connectivity index (χ3v) is 3.07. The van der Waals surface area contributed by atoms with Crippen LogP contribution >= 0.6 is 7.80 Å². The van der Waals surface area contributed by atoms with E-state index in [1.807, 2.05) is 6.92 Å². The predicted molar refractivity (Wildman–Crippen MR) is 60.8 cm³/mol. The van der Waals surface area contributed by atoms with Gasteiger partial charge in [-0.2, -0.15) is 0 Å². The first kappa shape index (κ1) is 15.1. The molecule has 1 N–H and O–H groups in total. The van der Waals surface area contributed by atoms with Crippen molar-refractivity contribution in [2.24, 2.45) is 5.16 Å². The van der Waals surface area contributed by atoms with Crippen molar-refractivity contribution in [3.8, 4) is 0 Å². The molecule has 1 atom stereocenters. The molecule has 0 rings (SSSR count). The van der Waals surface area contributed by atoms with Gasteiger partial charge in [-0.1, -0.05) is 5.16 Å². The van der Waals surface area contributed by atoms with Crippen LogP contribution in [0.25, 0.3) is 0 Å². The topological polar surface area (TPSA) is 85.2 Å². The van der Waals surface area contributed by atoms with Gasteiger partial charge in [0.1, 0.15) is 7.80 Å². The molecule has 1 unspecified atom stereocenters. The molecular weight excluding hydrogens is 233 g/mol. The van der Waals surface area contributed by atoms with E-state index in [1.54, 1.807) is 6.92 Å². The lowest BCUT2D eigenvalue weighted by atomic mass is 10.3. The number of oxime groups is 1. The van der Waals surface area contributed by atoms with Crippen LogP contribution in [0.3, 0.4) is 0 Å². The Morgan fingerprint density at radius 3 is 2.56 bits per heavy atom. The zero-order valence-electron chi connectivity index (χ0n) is 9.56. The lowest BCUT2D eigenvalue weighted by Gasteiger charge is -2.04. The number of esters is 1. The summed E-state index contributed by atoms with van der Waals surface area (Å²) in [5.41, 5.74) is -0.100. The summed E-state index contributed by atoms with van der Waals surface area (Å²) in [6.45, 7) is 4.19. The second kappa shape index (κ2) is 9.36. The highest BCUT2D eigenvalue weighted by Gasteiger charge is 2.14. The van der Waals surface area contributed by atoms with Crippen LogP contribution in [0.2, 0.25) is 0 Å². The molecule has 0 aliphatic carbocycles. The van der Waals surface area contributed by atoms with E-state index < -0.39 is 13.8 Å². The molecule has 0 aromatic carbocycles. The molecule has 0 aliphatic heterocycles. The first-order chi connectivity index (χ1) is 7.65. The van der Waals surface area contributed by atoms with Gasteiger partial charge in [0.15, 0.2) is 5.71 Å². The summed E-state index contributed by atoms with van der Waals surface area (Å²) in [5.74, 6) is -0.670. The molecule has 0 radical (unpaired) electrons. The highest BCUT2D eigenvalue weighted by Crippen LogP contribution is 2.21. The molecule has 0 aromatic rings. The fourth-order valence-electron chi connectivity index (χ4n) is 0.953. The maximum Gasteiger partial charge on any atom is 0.356 e. The molecule has 0 bridgehead atoms. The van der Waals surface area contributed by atoms with Crippen LogP contribution in [0.4, 0.5) is 0 Å². The molecule has 16 heavy (non-hydrogen) atoms. The van der Waals surface area contributed by atoms with Crippen LogP contribution in [0.1, 0.15) is 20.3 Å². The Morgan fingerprint density at radius 1 is 1.38 bits per heavy atom. The Morgan fingerprint density at radius 2 is 2.06 bits per heavy atom. The van der Waals surface area contributed by atoms with E-state index in [1.165, 1.54) is 0 Å². The van der Waals surface area contributed by atoms with Crippen molar-refractivity contribution in [1.29, 1.82) is 0 Å². The van der Waals surface area contributed by atoms with Crippen molar-refractivity contribution < 1.29 is 24.0 Å². The molecule has 94 valence electrons. The number of ether oxygens (including phenoxy) is 2. The van der Waals surface area contributed by atoms with Gasteiger partial charge in [-0.25, -0.2) is 4.79 Å². The standard InChI is InChI=1S/C9H18NO5P/c1-3-14-7-16(13)6-5-8(10-12)9(11)15-4-2/h12,16H,3-7H2,1-2H3. The molecule has 0 aliphatic rings. The summed E-state index contributed by atoms with van der Waals surface area (Å²) < 4.78 is 21.0. The van der Waals surface area contributed by atoms with E-state index in [0.29, 0.717) is 6.61 Å². The van der Waals surface area contributed by atoms with Crippen molar-refractivity contribution in [1.82, 2.24) is 0 Å². The fourth-order valence-corrected chi connectivity index (χ4v) is 2.04. The smallest absolute Gasteiger partial charge is 0.356 e. The van der Waals surface area contributed by atoms with Crippen LogP contribution < -0.4 is 0 Å². The maximum atomic E-state index is 11.4. The summed E-state index contributed by atoms with van der Waals surface area (Å²) in [7, 11) is -1.88. The molecule has 0 fully saturated rings. The van der Waals surface area contributed by atoms with E-state index in [9.17, 15) is 9.36 Å². The summed E-state index contributed by atoms with van der Waals surface area (Å²) in [4.78, 5) is 11.2. The van der Waals surface area contributed by atoms with E-state index in [4.69, 9.17) is 9.94 Å². The average molecular weight is 251 g/mol. The van der Waals surface area contributed by atoms with Crippen LogP contribution in [0, 0.1) is 0 Å². The van der Waals surface area contributed by atoms with Crippen molar-refractivity contribution in [2.45, 2.75) is 20.3 Å². The van der Waals surface area contributed by atoms with Gasteiger partial charge in [0, 0.05) is 19.2 Å². The van der Waals surface area contributed by atoms with E-state index in [0.717, 1.165) is 0 Å². The van der Waals surface area contributed by atoms with Crippen LogP contribution in [-0.2, 0) is 18.8 Å². The highest BCUT2D eigenvalue weighted by atomic mass is 31.1. The number of carbonyl (C=O) groups excluding carboxylic acids is 1. The van der Waals surface area contributed by atoms with E-state index in [2.05, 4.69) is 9.89 Å². The molecule has 0 saturated carbocycles. The fraction of sp³-hybridized carbons (Fsp3) is 0.778. The Labute approximate surface area is 95.4 Å². The van der Waals surface area contributed by atoms with Gasteiger partial charge in [-0.3, -0.25) is 0 Å². The minimum atomic E-state index is -1.88. The molecule has 0 aromatic heterocycles. The largest absolute Gasteiger partial charge is 0.461 e. The average Bonchev–Trinajstić information content (AvgIpc) is 2.27. The number of hydrogen-bond donors (Lipinski definition) is 1. The van der Waals surface area contributed by atoms with Crippen molar-refractivity contribution in [2.75, 3.05) is 25.7 Å². The Bertz CT molecular complexity index is 267. The number of rotatable bonds is 8. The van der Waals surface area contributed by atoms with Gasteiger partial charge in [0.2, 0.25) is 0 Å². The molecule has 0 heterocycles. The maximum absolute atomic E-state index is 11.4. The van der Waals surface area contributed by atoms with Crippen molar-refractivity contribution in [3.63, 3.8) is 0 Å². The molecule has 0 spiro atoms. The zero-order valence-corrected chi connectivity index (χ0v) is 10.6. The quantitative estimate of drug-likeness (QED) is 0.231. The molecule has 0 amide bonds. The highest BCUT2D eigenvalue weighted by molar-refractivity contribution is 7.44. The normalized spacial score (nSPS) is 13.5. The summed E-state index contributed by atoms with van der Waals surface area (Å²) in [5, 5.41) is 11.4.